The van der Waals surface area contributed by atoms with Gasteiger partial charge in [-0.1, -0.05) is 12.1 Å². The highest BCUT2D eigenvalue weighted by Crippen LogP contribution is 2.46. The quantitative estimate of drug-likeness (QED) is 0.884. The van der Waals surface area contributed by atoms with E-state index in [-0.39, 0.29) is 5.92 Å². The van der Waals surface area contributed by atoms with E-state index < -0.39 is 36.0 Å². The van der Waals surface area contributed by atoms with E-state index in [9.17, 15) is 14.7 Å². The lowest BCUT2D eigenvalue weighted by atomic mass is 10.1. The van der Waals surface area contributed by atoms with Crippen LogP contribution in [0.15, 0.2) is 24.3 Å². The Morgan fingerprint density at radius 3 is 2.27 bits per heavy atom. The van der Waals surface area contributed by atoms with Gasteiger partial charge in [0, 0.05) is 5.56 Å². The van der Waals surface area contributed by atoms with Gasteiger partial charge in [-0.2, -0.15) is 0 Å². The van der Waals surface area contributed by atoms with E-state index in [0.29, 0.717) is 11.3 Å². The maximum absolute atomic E-state index is 12.9. The Labute approximate surface area is 152 Å². The van der Waals surface area contributed by atoms with Crippen LogP contribution in [0, 0.1) is 5.92 Å². The molecule has 1 aliphatic carbocycles. The number of nitrogens with zero attached hydrogens (tertiary/aromatic N) is 1. The lowest BCUT2D eigenvalue weighted by Crippen LogP contribution is -2.46. The molecule has 3 rings (SSSR count). The van der Waals surface area contributed by atoms with E-state index in [1.165, 1.54) is 4.90 Å². The smallest absolute Gasteiger partial charge is 0.413 e. The molecule has 26 heavy (non-hydrogen) atoms. The second-order valence-corrected chi connectivity index (χ2v) is 7.74. The molecule has 2 fully saturated rings. The molecular weight excluding hydrogens is 338 g/mol. The maximum atomic E-state index is 12.9. The molecule has 7 heteroatoms. The highest BCUT2D eigenvalue weighted by atomic mass is 16.6. The topological polar surface area (TPSA) is 85.3 Å². The van der Waals surface area contributed by atoms with Crippen molar-refractivity contribution in [3.63, 3.8) is 0 Å². The van der Waals surface area contributed by atoms with Gasteiger partial charge in [0.2, 0.25) is 0 Å². The molecule has 1 saturated carbocycles. The van der Waals surface area contributed by atoms with Crippen LogP contribution in [-0.2, 0) is 14.3 Å². The Hall–Kier alpha value is -2.28. The van der Waals surface area contributed by atoms with Crippen LogP contribution >= 0.6 is 0 Å². The molecule has 3 atom stereocenters. The molecule has 1 N–H and O–H groups in total. The second-order valence-electron chi connectivity index (χ2n) is 7.74. The summed E-state index contributed by atoms with van der Waals surface area (Å²) in [6.07, 6.45) is -0.665. The van der Waals surface area contributed by atoms with Crippen LogP contribution in [0.25, 0.3) is 0 Å². The van der Waals surface area contributed by atoms with Gasteiger partial charge >= 0.3 is 12.1 Å². The van der Waals surface area contributed by atoms with E-state index in [1.54, 1.807) is 52.1 Å². The first-order chi connectivity index (χ1) is 12.2. The molecule has 1 amide bonds. The van der Waals surface area contributed by atoms with E-state index in [0.717, 1.165) is 12.8 Å². The fraction of sp³-hybridized carbons (Fsp3) is 0.579. The number of carbonyl (C=O) groups excluding carboxylic acids is 1. The standard InChI is InChI=1S/C19H25NO6/c1-19(2,3)26-18(23)20-14(11-5-6-11)15(17(21)22)25-16(20)12-7-9-13(24-4)10-8-12/h7-11,14-16H,5-6H2,1-4H3,(H,21,22)/t14-,15-,16-/m1/s1. The van der Waals surface area contributed by atoms with E-state index in [1.807, 2.05) is 0 Å². The fourth-order valence-electron chi connectivity index (χ4n) is 3.24. The SMILES string of the molecule is COc1ccc([C@H]2O[C@@H](C(=O)O)[C@@H](C3CC3)N2C(=O)OC(C)(C)C)cc1. The lowest BCUT2D eigenvalue weighted by Gasteiger charge is -2.31. The summed E-state index contributed by atoms with van der Waals surface area (Å²) in [5, 5.41) is 9.62. The summed E-state index contributed by atoms with van der Waals surface area (Å²) in [4.78, 5) is 26.1. The highest BCUT2D eigenvalue weighted by Gasteiger charge is 2.55. The zero-order chi connectivity index (χ0) is 19.1. The Bertz CT molecular complexity index is 676. The Kier molecular flexibility index (Phi) is 4.84. The third-order valence-corrected chi connectivity index (χ3v) is 4.51. The van der Waals surface area contributed by atoms with Gasteiger partial charge in [0.15, 0.2) is 12.3 Å². The van der Waals surface area contributed by atoms with Crippen molar-refractivity contribution >= 4 is 12.1 Å². The number of benzene rings is 1. The van der Waals surface area contributed by atoms with Crippen LogP contribution in [0.5, 0.6) is 5.75 Å². The van der Waals surface area contributed by atoms with Gasteiger partial charge in [-0.3, -0.25) is 4.90 Å². The third-order valence-electron chi connectivity index (χ3n) is 4.51. The normalized spacial score (nSPS) is 25.8. The Morgan fingerprint density at radius 1 is 1.19 bits per heavy atom. The van der Waals surface area contributed by atoms with Crippen LogP contribution in [-0.4, -0.2) is 46.9 Å². The van der Waals surface area contributed by atoms with Crippen molar-refractivity contribution < 1.29 is 28.9 Å². The molecule has 1 heterocycles. The molecule has 0 bridgehead atoms. The Morgan fingerprint density at radius 2 is 1.81 bits per heavy atom. The second kappa shape index (κ2) is 6.79. The van der Waals surface area contributed by atoms with Gasteiger partial charge in [-0.15, -0.1) is 0 Å². The number of aliphatic carboxylic acids is 1. The van der Waals surface area contributed by atoms with Gasteiger partial charge in [0.1, 0.15) is 11.4 Å². The number of carboxylic acids is 1. The van der Waals surface area contributed by atoms with E-state index in [4.69, 9.17) is 14.2 Å². The average Bonchev–Trinajstić information content (AvgIpc) is 3.32. The van der Waals surface area contributed by atoms with Gasteiger partial charge in [0.05, 0.1) is 13.2 Å². The predicted molar refractivity (Wildman–Crippen MR) is 92.8 cm³/mol. The molecular formula is C19H25NO6. The number of carbonyl (C=O) groups is 2. The minimum atomic E-state index is -1.07. The number of ether oxygens (including phenoxy) is 3. The molecule has 0 aromatic heterocycles. The summed E-state index contributed by atoms with van der Waals surface area (Å²) in [6, 6.07) is 6.53. The number of hydrogen-bond acceptors (Lipinski definition) is 5. The number of amides is 1. The van der Waals surface area contributed by atoms with Crippen LogP contribution in [0.3, 0.4) is 0 Å². The van der Waals surface area contributed by atoms with Gasteiger partial charge in [-0.25, -0.2) is 9.59 Å². The lowest BCUT2D eigenvalue weighted by molar-refractivity contribution is -0.150. The summed E-state index contributed by atoms with van der Waals surface area (Å²) in [5.74, 6) is -0.276. The molecule has 1 saturated heterocycles. The maximum Gasteiger partial charge on any atom is 0.413 e. The minimum Gasteiger partial charge on any atom is -0.497 e. The van der Waals surface area contributed by atoms with Gasteiger partial charge in [-0.05, 0) is 51.7 Å². The first kappa shape index (κ1) is 18.5. The molecule has 0 unspecified atom stereocenters. The van der Waals surface area contributed by atoms with Gasteiger partial charge < -0.3 is 19.3 Å². The summed E-state index contributed by atoms with van der Waals surface area (Å²) in [7, 11) is 1.57. The van der Waals surface area contributed by atoms with Crippen LogP contribution < -0.4 is 4.74 Å². The summed E-state index contributed by atoms with van der Waals surface area (Å²) in [6.45, 7) is 5.35. The van der Waals surface area contributed by atoms with Crippen molar-refractivity contribution in [1.82, 2.24) is 4.90 Å². The first-order valence-electron chi connectivity index (χ1n) is 8.75. The van der Waals surface area contributed by atoms with Crippen LogP contribution in [0.4, 0.5) is 4.79 Å². The largest absolute Gasteiger partial charge is 0.497 e. The van der Waals surface area contributed by atoms with Crippen molar-refractivity contribution in [2.24, 2.45) is 5.92 Å². The highest BCUT2D eigenvalue weighted by molar-refractivity contribution is 5.77. The fourth-order valence-corrected chi connectivity index (χ4v) is 3.24. The predicted octanol–water partition coefficient (Wildman–Crippen LogP) is 3.19. The monoisotopic (exact) mass is 363 g/mol. The minimum absolute atomic E-state index is 0.117. The van der Waals surface area contributed by atoms with Crippen molar-refractivity contribution in [2.75, 3.05) is 7.11 Å². The summed E-state index contributed by atoms with van der Waals surface area (Å²) < 4.78 is 16.5. The molecule has 0 radical (unpaired) electrons. The zero-order valence-corrected chi connectivity index (χ0v) is 15.5. The van der Waals surface area contributed by atoms with Crippen molar-refractivity contribution in [3.05, 3.63) is 29.8 Å². The molecule has 142 valence electrons. The molecule has 1 aliphatic heterocycles. The molecule has 0 spiro atoms. The van der Waals surface area contributed by atoms with Crippen molar-refractivity contribution in [3.8, 4) is 5.75 Å². The molecule has 1 aromatic rings. The van der Waals surface area contributed by atoms with Crippen molar-refractivity contribution in [1.29, 1.82) is 0 Å². The average molecular weight is 363 g/mol. The number of methoxy groups -OCH3 is 1. The number of carboxylic acid groups (broad SMARTS) is 1. The number of rotatable bonds is 4. The summed E-state index contributed by atoms with van der Waals surface area (Å²) >= 11 is 0. The van der Waals surface area contributed by atoms with E-state index in [2.05, 4.69) is 0 Å². The van der Waals surface area contributed by atoms with Crippen LogP contribution in [0.1, 0.15) is 45.4 Å². The zero-order valence-electron chi connectivity index (χ0n) is 15.5. The van der Waals surface area contributed by atoms with E-state index >= 15 is 0 Å². The molecule has 7 nitrogen and oxygen atoms in total. The number of hydrogen-bond donors (Lipinski definition) is 1. The molecule has 1 aromatic carbocycles. The third kappa shape index (κ3) is 3.77. The van der Waals surface area contributed by atoms with Crippen molar-refractivity contribution in [2.45, 2.75) is 57.6 Å². The molecule has 2 aliphatic rings. The van der Waals surface area contributed by atoms with Gasteiger partial charge in [0.25, 0.3) is 0 Å². The summed E-state index contributed by atoms with van der Waals surface area (Å²) in [5.41, 5.74) is 0.00259. The Balaban J connectivity index is 1.95. The van der Waals surface area contributed by atoms with Crippen LogP contribution in [0.2, 0.25) is 0 Å². The first-order valence-corrected chi connectivity index (χ1v) is 8.75.